The van der Waals surface area contributed by atoms with Crippen LogP contribution in [0.25, 0.3) is 11.0 Å². The summed E-state index contributed by atoms with van der Waals surface area (Å²) in [6, 6.07) is 7.77. The van der Waals surface area contributed by atoms with Crippen molar-refractivity contribution in [2.45, 2.75) is 52.1 Å². The fourth-order valence-electron chi connectivity index (χ4n) is 4.13. The number of rotatable bonds is 6. The molecule has 0 saturated carbocycles. The molecular weight excluding hydrogens is 442 g/mol. The number of hydrogen-bond donors (Lipinski definition) is 2. The molecule has 6 nitrogen and oxygen atoms in total. The standard InChI is InChI=1S/C24H29N3O3S2/c1-5-30-22(29)20-15-11-10-14(24(2,3)4)12-18(15)32-21(20)27-19(28)13-31-23-25-16-8-6-7-9-17(16)26-23/h6-9,14H,5,10-13H2,1-4H3,(H,25,26)(H,27,28)/t14-/m1/s1. The smallest absolute Gasteiger partial charge is 0.341 e. The van der Waals surface area contributed by atoms with Crippen LogP contribution >= 0.6 is 23.1 Å². The van der Waals surface area contributed by atoms with Gasteiger partial charge in [0.2, 0.25) is 5.91 Å². The van der Waals surface area contributed by atoms with E-state index in [1.807, 2.05) is 24.3 Å². The normalized spacial score (nSPS) is 16.1. The highest BCUT2D eigenvalue weighted by atomic mass is 32.2. The Morgan fingerprint density at radius 3 is 2.81 bits per heavy atom. The van der Waals surface area contributed by atoms with E-state index >= 15 is 0 Å². The number of carbonyl (C=O) groups is 2. The number of aromatic nitrogens is 2. The highest BCUT2D eigenvalue weighted by Gasteiger charge is 2.34. The number of benzene rings is 1. The molecule has 0 bridgehead atoms. The van der Waals surface area contributed by atoms with Crippen LogP contribution in [0.1, 0.15) is 54.9 Å². The molecule has 1 aliphatic carbocycles. The Balaban J connectivity index is 1.50. The van der Waals surface area contributed by atoms with Crippen molar-refractivity contribution in [3.63, 3.8) is 0 Å². The minimum atomic E-state index is -0.348. The first-order valence-corrected chi connectivity index (χ1v) is 12.8. The molecule has 0 spiro atoms. The zero-order valence-electron chi connectivity index (χ0n) is 18.9. The van der Waals surface area contributed by atoms with Gasteiger partial charge in [-0.05, 0) is 55.2 Å². The van der Waals surface area contributed by atoms with E-state index in [4.69, 9.17) is 4.74 Å². The summed E-state index contributed by atoms with van der Waals surface area (Å²) in [5.41, 5.74) is 3.62. The number of thioether (sulfide) groups is 1. The molecule has 0 unspecified atom stereocenters. The summed E-state index contributed by atoms with van der Waals surface area (Å²) in [5.74, 6) is 0.247. The van der Waals surface area contributed by atoms with E-state index in [0.717, 1.165) is 35.9 Å². The third-order valence-corrected chi connectivity index (χ3v) is 7.97. The summed E-state index contributed by atoms with van der Waals surface area (Å²) in [7, 11) is 0. The fraction of sp³-hybridized carbons (Fsp3) is 0.458. The largest absolute Gasteiger partial charge is 0.462 e. The number of ether oxygens (including phenoxy) is 1. The molecule has 0 fully saturated rings. The van der Waals surface area contributed by atoms with Gasteiger partial charge in [-0.1, -0.05) is 44.7 Å². The Labute approximate surface area is 196 Å². The molecule has 3 aromatic rings. The molecule has 8 heteroatoms. The molecule has 0 radical (unpaired) electrons. The van der Waals surface area contributed by atoms with Crippen molar-refractivity contribution in [2.24, 2.45) is 11.3 Å². The molecule has 170 valence electrons. The predicted octanol–water partition coefficient (Wildman–Crippen LogP) is 5.68. The lowest BCUT2D eigenvalue weighted by Gasteiger charge is -2.33. The van der Waals surface area contributed by atoms with Crippen LogP contribution in [-0.2, 0) is 22.4 Å². The van der Waals surface area contributed by atoms with Crippen molar-refractivity contribution in [1.82, 2.24) is 9.97 Å². The number of thiophene rings is 1. The number of esters is 1. The molecule has 2 N–H and O–H groups in total. The summed E-state index contributed by atoms with van der Waals surface area (Å²) in [4.78, 5) is 34.4. The number of H-pyrrole nitrogens is 1. The van der Waals surface area contributed by atoms with Crippen molar-refractivity contribution in [2.75, 3.05) is 17.7 Å². The summed E-state index contributed by atoms with van der Waals surface area (Å²) >= 11 is 2.87. The molecule has 32 heavy (non-hydrogen) atoms. The Bertz CT molecular complexity index is 1110. The Morgan fingerprint density at radius 1 is 1.31 bits per heavy atom. The average molecular weight is 472 g/mol. The quantitative estimate of drug-likeness (QED) is 0.357. The fourth-order valence-corrected chi connectivity index (χ4v) is 6.14. The lowest BCUT2D eigenvalue weighted by Crippen LogP contribution is -2.26. The molecule has 1 aromatic carbocycles. The number of nitrogens with one attached hydrogen (secondary N) is 2. The van der Waals surface area contributed by atoms with Gasteiger partial charge in [0.05, 0.1) is 29.0 Å². The Kier molecular flexibility index (Phi) is 6.62. The van der Waals surface area contributed by atoms with Crippen LogP contribution in [0.3, 0.4) is 0 Å². The maximum atomic E-state index is 12.8. The van der Waals surface area contributed by atoms with Crippen molar-refractivity contribution in [3.05, 3.63) is 40.3 Å². The average Bonchev–Trinajstić information content (AvgIpc) is 3.31. The maximum Gasteiger partial charge on any atom is 0.341 e. The second-order valence-electron chi connectivity index (χ2n) is 9.13. The Morgan fingerprint density at radius 2 is 2.09 bits per heavy atom. The van der Waals surface area contributed by atoms with Gasteiger partial charge < -0.3 is 15.0 Å². The number of imidazole rings is 1. The highest BCUT2D eigenvalue weighted by molar-refractivity contribution is 7.99. The first-order valence-electron chi connectivity index (χ1n) is 10.9. The topological polar surface area (TPSA) is 84.1 Å². The van der Waals surface area contributed by atoms with Crippen LogP contribution in [0.4, 0.5) is 5.00 Å². The predicted molar refractivity (Wildman–Crippen MR) is 131 cm³/mol. The zero-order valence-corrected chi connectivity index (χ0v) is 20.5. The molecule has 0 aliphatic heterocycles. The second-order valence-corrected chi connectivity index (χ2v) is 11.2. The van der Waals surface area contributed by atoms with Crippen LogP contribution in [0, 0.1) is 11.3 Å². The third-order valence-electron chi connectivity index (χ3n) is 5.93. The van der Waals surface area contributed by atoms with Gasteiger partial charge in [0.15, 0.2) is 5.16 Å². The van der Waals surface area contributed by atoms with Gasteiger partial charge in [0.25, 0.3) is 0 Å². The lowest BCUT2D eigenvalue weighted by molar-refractivity contribution is -0.113. The number of para-hydroxylation sites is 2. The van der Waals surface area contributed by atoms with E-state index in [2.05, 4.69) is 36.1 Å². The first-order chi connectivity index (χ1) is 15.3. The number of anilines is 1. The minimum Gasteiger partial charge on any atom is -0.462 e. The van der Waals surface area contributed by atoms with Gasteiger partial charge >= 0.3 is 5.97 Å². The van der Waals surface area contributed by atoms with E-state index in [0.29, 0.717) is 28.2 Å². The number of fused-ring (bicyclic) bond motifs is 2. The first kappa shape index (κ1) is 22.9. The van der Waals surface area contributed by atoms with E-state index in [9.17, 15) is 9.59 Å². The van der Waals surface area contributed by atoms with Gasteiger partial charge in [-0.25, -0.2) is 9.78 Å². The number of amides is 1. The summed E-state index contributed by atoms with van der Waals surface area (Å²) in [6.45, 7) is 8.90. The molecule has 1 atom stereocenters. The van der Waals surface area contributed by atoms with Crippen LogP contribution in [0.5, 0.6) is 0 Å². The highest BCUT2D eigenvalue weighted by Crippen LogP contribution is 2.44. The Hall–Kier alpha value is -2.32. The molecule has 1 amide bonds. The van der Waals surface area contributed by atoms with Crippen molar-refractivity contribution in [3.8, 4) is 0 Å². The van der Waals surface area contributed by atoms with Gasteiger partial charge in [-0.2, -0.15) is 0 Å². The van der Waals surface area contributed by atoms with E-state index in [1.165, 1.54) is 28.0 Å². The number of carbonyl (C=O) groups excluding carboxylic acids is 2. The summed E-state index contributed by atoms with van der Waals surface area (Å²) in [6.07, 6.45) is 2.81. The van der Waals surface area contributed by atoms with E-state index < -0.39 is 0 Å². The number of aromatic amines is 1. The van der Waals surface area contributed by atoms with Crippen molar-refractivity contribution in [1.29, 1.82) is 0 Å². The van der Waals surface area contributed by atoms with Gasteiger partial charge in [-0.3, -0.25) is 4.79 Å². The van der Waals surface area contributed by atoms with Gasteiger partial charge in [-0.15, -0.1) is 11.3 Å². The molecular formula is C24H29N3O3S2. The third kappa shape index (κ3) is 4.86. The van der Waals surface area contributed by atoms with Crippen molar-refractivity contribution >= 4 is 51.0 Å². The molecule has 1 aliphatic rings. The molecule has 0 saturated heterocycles. The lowest BCUT2D eigenvalue weighted by atomic mass is 9.72. The van der Waals surface area contributed by atoms with Crippen LogP contribution in [0.2, 0.25) is 0 Å². The SMILES string of the molecule is CCOC(=O)c1c(NC(=O)CSc2nc3ccccc3[nH]2)sc2c1CC[C@@H](C(C)(C)C)C2. The molecule has 2 aromatic heterocycles. The van der Waals surface area contributed by atoms with E-state index in [1.54, 1.807) is 6.92 Å². The van der Waals surface area contributed by atoms with Crippen LogP contribution < -0.4 is 5.32 Å². The maximum absolute atomic E-state index is 12.8. The summed E-state index contributed by atoms with van der Waals surface area (Å²) in [5, 5.41) is 4.29. The molecule has 4 rings (SSSR count). The van der Waals surface area contributed by atoms with Gasteiger partial charge in [0.1, 0.15) is 5.00 Å². The second kappa shape index (κ2) is 9.27. The minimum absolute atomic E-state index is 0.160. The summed E-state index contributed by atoms with van der Waals surface area (Å²) < 4.78 is 5.33. The van der Waals surface area contributed by atoms with Crippen LogP contribution in [0.15, 0.2) is 29.4 Å². The number of nitrogens with zero attached hydrogens (tertiary/aromatic N) is 1. The number of hydrogen-bond acceptors (Lipinski definition) is 6. The van der Waals surface area contributed by atoms with Gasteiger partial charge in [0, 0.05) is 4.88 Å². The zero-order chi connectivity index (χ0) is 22.9. The molecule has 2 heterocycles. The van der Waals surface area contributed by atoms with E-state index in [-0.39, 0.29) is 23.0 Å². The van der Waals surface area contributed by atoms with Crippen LogP contribution in [-0.4, -0.2) is 34.2 Å². The monoisotopic (exact) mass is 471 g/mol. The van der Waals surface area contributed by atoms with Crippen molar-refractivity contribution < 1.29 is 14.3 Å².